The van der Waals surface area contributed by atoms with Gasteiger partial charge in [-0.25, -0.2) is 4.79 Å². The zero-order valence-corrected chi connectivity index (χ0v) is 9.71. The fraction of sp³-hybridized carbons (Fsp3) is 0.0833. The average Bonchev–Trinajstić information content (AvgIpc) is 2.83. The van der Waals surface area contributed by atoms with Gasteiger partial charge < -0.3 is 13.6 Å². The highest BCUT2D eigenvalue weighted by atomic mass is 16.6. The van der Waals surface area contributed by atoms with E-state index in [9.17, 15) is 14.9 Å². The molecule has 96 valence electrons. The molecule has 0 radical (unpaired) electrons. The Bertz CT molecular complexity index is 860. The van der Waals surface area contributed by atoms with Crippen molar-refractivity contribution in [2.75, 3.05) is 7.11 Å². The molecule has 0 aliphatic heterocycles. The summed E-state index contributed by atoms with van der Waals surface area (Å²) >= 11 is 0. The topological polar surface area (TPSA) is 95.7 Å². The van der Waals surface area contributed by atoms with E-state index >= 15 is 0 Å². The lowest BCUT2D eigenvalue weighted by atomic mass is 10.1. The lowest BCUT2D eigenvalue weighted by Gasteiger charge is -2.06. The van der Waals surface area contributed by atoms with Gasteiger partial charge in [0.1, 0.15) is 5.75 Å². The number of methoxy groups -OCH3 is 1. The third-order valence-corrected chi connectivity index (χ3v) is 2.80. The van der Waals surface area contributed by atoms with E-state index in [1.165, 1.54) is 25.5 Å². The van der Waals surface area contributed by atoms with E-state index in [2.05, 4.69) is 0 Å². The van der Waals surface area contributed by atoms with Crippen LogP contribution in [0.15, 0.2) is 38.1 Å². The molecule has 2 heterocycles. The van der Waals surface area contributed by atoms with Crippen LogP contribution in [0, 0.1) is 10.1 Å². The van der Waals surface area contributed by atoms with Crippen molar-refractivity contribution in [3.05, 3.63) is 45.0 Å². The van der Waals surface area contributed by atoms with Crippen LogP contribution in [-0.2, 0) is 0 Å². The van der Waals surface area contributed by atoms with E-state index in [1.807, 2.05) is 0 Å². The first-order chi connectivity index (χ1) is 9.13. The molecule has 0 aliphatic carbocycles. The number of non-ortho nitro benzene ring substituents is 1. The molecule has 0 unspecified atom stereocenters. The third kappa shape index (κ3) is 1.48. The number of hydrogen-bond donors (Lipinski definition) is 0. The van der Waals surface area contributed by atoms with Crippen molar-refractivity contribution in [1.29, 1.82) is 0 Å². The summed E-state index contributed by atoms with van der Waals surface area (Å²) in [6.45, 7) is 0. The summed E-state index contributed by atoms with van der Waals surface area (Å²) < 4.78 is 15.3. The second kappa shape index (κ2) is 3.84. The highest BCUT2D eigenvalue weighted by molar-refractivity contribution is 6.08. The largest absolute Gasteiger partial charge is 0.495 e. The van der Waals surface area contributed by atoms with Crippen molar-refractivity contribution in [2.24, 2.45) is 0 Å². The first kappa shape index (κ1) is 11.3. The first-order valence-corrected chi connectivity index (χ1v) is 5.29. The second-order valence-electron chi connectivity index (χ2n) is 3.80. The molecule has 1 aromatic carbocycles. The molecule has 3 rings (SSSR count). The van der Waals surface area contributed by atoms with Crippen LogP contribution in [-0.4, -0.2) is 12.0 Å². The molecule has 0 N–H and O–H groups in total. The van der Waals surface area contributed by atoms with Gasteiger partial charge in [0.2, 0.25) is 11.2 Å². The van der Waals surface area contributed by atoms with Crippen LogP contribution >= 0.6 is 0 Å². The van der Waals surface area contributed by atoms with Crippen LogP contribution in [0.3, 0.4) is 0 Å². The Hall–Kier alpha value is -2.83. The van der Waals surface area contributed by atoms with E-state index in [1.54, 1.807) is 6.07 Å². The summed E-state index contributed by atoms with van der Waals surface area (Å²) in [7, 11) is 1.43. The van der Waals surface area contributed by atoms with Crippen LogP contribution in [0.5, 0.6) is 5.75 Å². The molecule has 0 fully saturated rings. The third-order valence-electron chi connectivity index (χ3n) is 2.80. The van der Waals surface area contributed by atoms with E-state index in [-0.39, 0.29) is 16.9 Å². The number of hydrogen-bond acceptors (Lipinski definition) is 6. The summed E-state index contributed by atoms with van der Waals surface area (Å²) in [5.41, 5.74) is -1.20. The van der Waals surface area contributed by atoms with Crippen LogP contribution in [0.25, 0.3) is 21.9 Å². The Morgan fingerprint density at radius 3 is 2.63 bits per heavy atom. The van der Waals surface area contributed by atoms with Gasteiger partial charge in [-0.15, -0.1) is 0 Å². The van der Waals surface area contributed by atoms with Crippen molar-refractivity contribution in [2.45, 2.75) is 0 Å². The zero-order valence-electron chi connectivity index (χ0n) is 9.71. The molecule has 3 aromatic rings. The van der Waals surface area contributed by atoms with Crippen molar-refractivity contribution in [1.82, 2.24) is 0 Å². The molecule has 0 amide bonds. The van der Waals surface area contributed by atoms with Gasteiger partial charge >= 0.3 is 11.3 Å². The van der Waals surface area contributed by atoms with Crippen molar-refractivity contribution >= 4 is 27.6 Å². The number of rotatable bonds is 2. The monoisotopic (exact) mass is 261 g/mol. The maximum atomic E-state index is 11.3. The van der Waals surface area contributed by atoms with E-state index in [4.69, 9.17) is 13.6 Å². The SMILES string of the molecule is COc1c2ccoc2c([N+](=O)[O-])c2oc(=O)ccc12. The molecule has 0 bridgehead atoms. The standard InChI is InChI=1S/C12H7NO6/c1-17-10-6-2-3-8(14)19-12(6)9(13(15)16)11-7(10)4-5-18-11/h2-5H,1H3. The van der Waals surface area contributed by atoms with Crippen LogP contribution in [0.2, 0.25) is 0 Å². The zero-order chi connectivity index (χ0) is 13.6. The lowest BCUT2D eigenvalue weighted by molar-refractivity contribution is -0.382. The number of furan rings is 1. The predicted molar refractivity (Wildman–Crippen MR) is 65.5 cm³/mol. The minimum atomic E-state index is -0.677. The summed E-state index contributed by atoms with van der Waals surface area (Å²) in [6, 6.07) is 4.17. The fourth-order valence-electron chi connectivity index (χ4n) is 2.08. The maximum absolute atomic E-state index is 11.3. The molecule has 7 nitrogen and oxygen atoms in total. The number of nitro benzene ring substituents is 1. The summed E-state index contributed by atoms with van der Waals surface area (Å²) in [5.74, 6) is 0.369. The van der Waals surface area contributed by atoms with Gasteiger partial charge in [0.25, 0.3) is 0 Å². The van der Waals surface area contributed by atoms with Gasteiger partial charge in [-0.1, -0.05) is 0 Å². The molecule has 0 aliphatic rings. The Kier molecular flexibility index (Phi) is 2.28. The Morgan fingerprint density at radius 2 is 1.95 bits per heavy atom. The van der Waals surface area contributed by atoms with Crippen molar-refractivity contribution in [3.63, 3.8) is 0 Å². The molecular formula is C12H7NO6. The molecular weight excluding hydrogens is 254 g/mol. The quantitative estimate of drug-likeness (QED) is 0.399. The van der Waals surface area contributed by atoms with Gasteiger partial charge in [-0.3, -0.25) is 10.1 Å². The van der Waals surface area contributed by atoms with E-state index in [0.717, 1.165) is 0 Å². The number of nitro groups is 1. The van der Waals surface area contributed by atoms with Crippen LogP contribution < -0.4 is 10.4 Å². The molecule has 2 aromatic heterocycles. The van der Waals surface area contributed by atoms with Gasteiger partial charge in [0.15, 0.2) is 0 Å². The van der Waals surface area contributed by atoms with Crippen LogP contribution in [0.1, 0.15) is 0 Å². The average molecular weight is 261 g/mol. The molecule has 0 saturated heterocycles. The minimum absolute atomic E-state index is 0.0173. The fourth-order valence-corrected chi connectivity index (χ4v) is 2.08. The predicted octanol–water partition coefficient (Wildman–Crippen LogP) is 2.46. The number of nitrogens with zero attached hydrogens (tertiary/aromatic N) is 1. The highest BCUT2D eigenvalue weighted by Crippen LogP contribution is 2.41. The molecule has 0 saturated carbocycles. The van der Waals surface area contributed by atoms with Crippen molar-refractivity contribution in [3.8, 4) is 5.75 Å². The van der Waals surface area contributed by atoms with Gasteiger partial charge in [-0.05, 0) is 12.1 Å². The summed E-state index contributed by atoms with van der Waals surface area (Å²) in [4.78, 5) is 21.8. The van der Waals surface area contributed by atoms with Gasteiger partial charge in [0.05, 0.1) is 29.1 Å². The Labute approximate surface area is 105 Å². The van der Waals surface area contributed by atoms with Gasteiger partial charge in [-0.2, -0.15) is 0 Å². The molecule has 7 heteroatoms. The first-order valence-electron chi connectivity index (χ1n) is 5.29. The van der Waals surface area contributed by atoms with Gasteiger partial charge in [0, 0.05) is 6.07 Å². The Morgan fingerprint density at radius 1 is 1.21 bits per heavy atom. The smallest absolute Gasteiger partial charge is 0.355 e. The molecule has 0 atom stereocenters. The highest BCUT2D eigenvalue weighted by Gasteiger charge is 2.27. The summed E-state index contributed by atoms with van der Waals surface area (Å²) in [5, 5.41) is 12.0. The number of fused-ring (bicyclic) bond motifs is 2. The number of ether oxygens (including phenoxy) is 1. The van der Waals surface area contributed by atoms with E-state index < -0.39 is 10.5 Å². The Balaban J connectivity index is 2.67. The normalized spacial score (nSPS) is 11.0. The molecule has 19 heavy (non-hydrogen) atoms. The minimum Gasteiger partial charge on any atom is -0.495 e. The second-order valence-corrected chi connectivity index (χ2v) is 3.80. The maximum Gasteiger partial charge on any atom is 0.355 e. The van der Waals surface area contributed by atoms with Crippen LogP contribution in [0.4, 0.5) is 5.69 Å². The van der Waals surface area contributed by atoms with E-state index in [0.29, 0.717) is 16.5 Å². The molecule has 0 spiro atoms. The number of benzene rings is 1. The summed E-state index contributed by atoms with van der Waals surface area (Å²) in [6.07, 6.45) is 1.32. The lowest BCUT2D eigenvalue weighted by Crippen LogP contribution is -1.99. The van der Waals surface area contributed by atoms with Crippen molar-refractivity contribution < 1.29 is 18.5 Å².